The molecule has 9 heteroatoms. The first-order valence-electron chi connectivity index (χ1n) is 11.1. The number of ether oxygens (including phenoxy) is 1. The Kier molecular flexibility index (Phi) is 6.71. The highest BCUT2D eigenvalue weighted by atomic mass is 16.5. The lowest BCUT2D eigenvalue weighted by Crippen LogP contribution is -2.34. The summed E-state index contributed by atoms with van der Waals surface area (Å²) < 4.78 is 7.34. The van der Waals surface area contributed by atoms with Crippen LogP contribution in [-0.4, -0.2) is 83.1 Å². The number of anilines is 1. The number of likely N-dealkylation sites (N-methyl/N-ethyl adjacent to an activating group) is 1. The van der Waals surface area contributed by atoms with E-state index >= 15 is 0 Å². The van der Waals surface area contributed by atoms with Gasteiger partial charge >= 0.3 is 0 Å². The molecule has 0 saturated carbocycles. The molecule has 0 spiro atoms. The van der Waals surface area contributed by atoms with E-state index in [9.17, 15) is 9.59 Å². The molecule has 1 fully saturated rings. The minimum Gasteiger partial charge on any atom is -0.383 e. The number of benzene rings is 1. The van der Waals surface area contributed by atoms with Crippen molar-refractivity contribution in [2.75, 3.05) is 46.2 Å². The van der Waals surface area contributed by atoms with E-state index in [0.29, 0.717) is 60.6 Å². The molecular formula is C24H30N6O3. The minimum atomic E-state index is -0.203. The molecular weight excluding hydrogens is 420 g/mol. The lowest BCUT2D eigenvalue weighted by atomic mass is 10.1. The highest BCUT2D eigenvalue weighted by Crippen LogP contribution is 2.31. The third-order valence-corrected chi connectivity index (χ3v) is 5.99. The molecule has 174 valence electrons. The van der Waals surface area contributed by atoms with Crippen molar-refractivity contribution in [3.8, 4) is 11.5 Å². The molecule has 3 heterocycles. The second-order valence-corrected chi connectivity index (χ2v) is 8.52. The molecule has 2 amide bonds. The van der Waals surface area contributed by atoms with Crippen LogP contribution >= 0.6 is 0 Å². The van der Waals surface area contributed by atoms with E-state index in [-0.39, 0.29) is 11.8 Å². The monoisotopic (exact) mass is 450 g/mol. The van der Waals surface area contributed by atoms with Crippen molar-refractivity contribution in [3.05, 3.63) is 42.1 Å². The maximum atomic E-state index is 13.7. The number of hydrogen-bond donors (Lipinski definition) is 1. The minimum absolute atomic E-state index is 0.0670. The summed E-state index contributed by atoms with van der Waals surface area (Å²) >= 11 is 0. The number of aromatic nitrogens is 3. The Bertz CT molecular complexity index is 1160. The average Bonchev–Trinajstić information content (AvgIpc) is 3.42. The number of carbonyl (C=O) groups excluding carboxylic acids is 2. The highest BCUT2D eigenvalue weighted by molar-refractivity contribution is 6.08. The molecule has 0 unspecified atom stereocenters. The predicted molar refractivity (Wildman–Crippen MR) is 127 cm³/mol. The first kappa shape index (κ1) is 22.9. The van der Waals surface area contributed by atoms with Gasteiger partial charge in [-0.3, -0.25) is 14.6 Å². The van der Waals surface area contributed by atoms with Crippen molar-refractivity contribution in [3.63, 3.8) is 0 Å². The van der Waals surface area contributed by atoms with Crippen LogP contribution in [0.1, 0.15) is 23.7 Å². The maximum Gasteiger partial charge on any atom is 0.256 e. The number of fused-ring (bicyclic) bond motifs is 1. The average molecular weight is 451 g/mol. The van der Waals surface area contributed by atoms with Crippen LogP contribution in [0.25, 0.3) is 22.6 Å². The Morgan fingerprint density at radius 2 is 2.09 bits per heavy atom. The normalized spacial score (nSPS) is 16.0. The zero-order valence-corrected chi connectivity index (χ0v) is 19.5. The lowest BCUT2D eigenvalue weighted by molar-refractivity contribution is -0.114. The summed E-state index contributed by atoms with van der Waals surface area (Å²) in [7, 11) is 5.71. The Balaban J connectivity index is 1.88. The van der Waals surface area contributed by atoms with Crippen molar-refractivity contribution < 1.29 is 14.3 Å². The fraction of sp³-hybridized carbons (Fsp3) is 0.417. The molecule has 33 heavy (non-hydrogen) atoms. The van der Waals surface area contributed by atoms with Gasteiger partial charge in [0, 0.05) is 51.6 Å². The number of nitrogens with zero attached hydrogens (tertiary/aromatic N) is 5. The Morgan fingerprint density at radius 3 is 2.73 bits per heavy atom. The summed E-state index contributed by atoms with van der Waals surface area (Å²) in [5.41, 5.74) is 3.12. The van der Waals surface area contributed by atoms with Crippen LogP contribution in [-0.2, 0) is 16.1 Å². The maximum absolute atomic E-state index is 13.7. The second kappa shape index (κ2) is 9.68. The lowest BCUT2D eigenvalue weighted by Gasteiger charge is -2.21. The van der Waals surface area contributed by atoms with Gasteiger partial charge in [-0.1, -0.05) is 6.07 Å². The fourth-order valence-electron chi connectivity index (χ4n) is 4.32. The largest absolute Gasteiger partial charge is 0.383 e. The van der Waals surface area contributed by atoms with Gasteiger partial charge in [-0.25, -0.2) is 4.98 Å². The zero-order valence-electron chi connectivity index (χ0n) is 19.5. The number of carbonyl (C=O) groups is 2. The molecule has 0 bridgehead atoms. The number of pyridine rings is 1. The van der Waals surface area contributed by atoms with E-state index in [1.54, 1.807) is 25.4 Å². The summed E-state index contributed by atoms with van der Waals surface area (Å²) in [5, 5.41) is 2.81. The second-order valence-electron chi connectivity index (χ2n) is 8.52. The van der Waals surface area contributed by atoms with Crippen LogP contribution in [0.5, 0.6) is 0 Å². The van der Waals surface area contributed by atoms with Gasteiger partial charge in [0.15, 0.2) is 5.82 Å². The Labute approximate surface area is 193 Å². The fourth-order valence-corrected chi connectivity index (χ4v) is 4.32. The van der Waals surface area contributed by atoms with Gasteiger partial charge < -0.3 is 24.4 Å². The van der Waals surface area contributed by atoms with Gasteiger partial charge in [0.05, 0.1) is 23.2 Å². The molecule has 1 aromatic carbocycles. The third kappa shape index (κ3) is 4.74. The van der Waals surface area contributed by atoms with E-state index in [2.05, 4.69) is 15.2 Å². The van der Waals surface area contributed by atoms with Crippen LogP contribution in [0.3, 0.4) is 0 Å². The van der Waals surface area contributed by atoms with Crippen LogP contribution < -0.4 is 5.32 Å². The molecule has 1 saturated heterocycles. The number of imidazole rings is 1. The number of likely N-dealkylation sites (tertiary alicyclic amines) is 1. The first-order chi connectivity index (χ1) is 15.9. The Hall–Kier alpha value is -3.30. The number of methoxy groups -OCH3 is 1. The van der Waals surface area contributed by atoms with Crippen LogP contribution in [0.15, 0.2) is 36.5 Å². The predicted octanol–water partition coefficient (Wildman–Crippen LogP) is 2.48. The van der Waals surface area contributed by atoms with E-state index < -0.39 is 0 Å². The van der Waals surface area contributed by atoms with Crippen molar-refractivity contribution in [2.24, 2.45) is 0 Å². The summed E-state index contributed by atoms with van der Waals surface area (Å²) in [6, 6.07) is 9.53. The van der Waals surface area contributed by atoms with Gasteiger partial charge in [-0.15, -0.1) is 0 Å². The van der Waals surface area contributed by atoms with Crippen molar-refractivity contribution in [1.82, 2.24) is 24.3 Å². The van der Waals surface area contributed by atoms with Gasteiger partial charge in [0.2, 0.25) is 5.91 Å². The van der Waals surface area contributed by atoms with Crippen molar-refractivity contribution in [2.45, 2.75) is 25.9 Å². The van der Waals surface area contributed by atoms with Crippen LogP contribution in [0.2, 0.25) is 0 Å². The summed E-state index contributed by atoms with van der Waals surface area (Å²) in [5.74, 6) is 0.386. The number of rotatable bonds is 7. The highest BCUT2D eigenvalue weighted by Gasteiger charge is 2.30. The van der Waals surface area contributed by atoms with Crippen molar-refractivity contribution in [1.29, 1.82) is 0 Å². The van der Waals surface area contributed by atoms with E-state index in [4.69, 9.17) is 9.72 Å². The quantitative estimate of drug-likeness (QED) is 0.595. The van der Waals surface area contributed by atoms with E-state index in [1.807, 2.05) is 41.8 Å². The molecule has 1 aliphatic rings. The SMILES string of the molecule is COCCn1c(-c2ccccn2)nc2cc(NC(C)=O)cc(C(=O)N3CC[C@H](N(C)C)C3)c21. The summed E-state index contributed by atoms with van der Waals surface area (Å²) in [6.45, 7) is 3.77. The summed E-state index contributed by atoms with van der Waals surface area (Å²) in [6.07, 6.45) is 2.64. The molecule has 9 nitrogen and oxygen atoms in total. The van der Waals surface area contributed by atoms with Crippen LogP contribution in [0, 0.1) is 0 Å². The number of nitrogens with one attached hydrogen (secondary N) is 1. The molecule has 4 rings (SSSR count). The molecule has 0 aliphatic carbocycles. The standard InChI is InChI=1S/C24H30N6O3/c1-16(31)26-17-13-19(24(32)29-10-8-18(15-29)28(2)3)22-21(14-17)27-23(30(22)11-12-33-4)20-7-5-6-9-25-20/h5-7,9,13-14,18H,8,10-12,15H2,1-4H3,(H,26,31)/t18-/m0/s1. The Morgan fingerprint density at radius 1 is 1.27 bits per heavy atom. The number of amides is 2. The van der Waals surface area contributed by atoms with Gasteiger partial charge in [-0.2, -0.15) is 0 Å². The molecule has 1 N–H and O–H groups in total. The molecule has 3 aromatic rings. The van der Waals surface area contributed by atoms with Gasteiger partial charge in [0.25, 0.3) is 5.91 Å². The van der Waals surface area contributed by atoms with E-state index in [0.717, 1.165) is 11.9 Å². The van der Waals surface area contributed by atoms with Crippen LogP contribution in [0.4, 0.5) is 5.69 Å². The molecule has 1 atom stereocenters. The zero-order chi connectivity index (χ0) is 23.5. The van der Waals surface area contributed by atoms with Crippen molar-refractivity contribution >= 4 is 28.5 Å². The third-order valence-electron chi connectivity index (χ3n) is 5.99. The summed E-state index contributed by atoms with van der Waals surface area (Å²) in [4.78, 5) is 38.9. The molecule has 0 radical (unpaired) electrons. The molecule has 2 aromatic heterocycles. The van der Waals surface area contributed by atoms with Gasteiger partial charge in [-0.05, 0) is 44.8 Å². The smallest absolute Gasteiger partial charge is 0.256 e. The van der Waals surface area contributed by atoms with Gasteiger partial charge in [0.1, 0.15) is 5.69 Å². The first-order valence-corrected chi connectivity index (χ1v) is 11.1. The topological polar surface area (TPSA) is 92.6 Å². The van der Waals surface area contributed by atoms with E-state index in [1.165, 1.54) is 6.92 Å². The molecule has 1 aliphatic heterocycles. The number of hydrogen-bond acceptors (Lipinski definition) is 6.